The molecule has 0 aliphatic rings. The fourth-order valence-electron chi connectivity index (χ4n) is 2.20. The van der Waals surface area contributed by atoms with Crippen molar-refractivity contribution in [1.29, 1.82) is 5.41 Å². The third-order valence-corrected chi connectivity index (χ3v) is 4.23. The molecule has 2 heterocycles. The van der Waals surface area contributed by atoms with Crippen LogP contribution in [0.25, 0.3) is 0 Å². The van der Waals surface area contributed by atoms with Crippen molar-refractivity contribution < 1.29 is 0 Å². The van der Waals surface area contributed by atoms with Crippen LogP contribution in [0.2, 0.25) is 4.34 Å². The van der Waals surface area contributed by atoms with Crippen LogP contribution in [0.4, 0.5) is 5.69 Å². The van der Waals surface area contributed by atoms with Gasteiger partial charge in [-0.05, 0) is 32.0 Å². The van der Waals surface area contributed by atoms with Gasteiger partial charge in [0, 0.05) is 17.6 Å². The lowest BCUT2D eigenvalue weighted by atomic mass is 10.1. The van der Waals surface area contributed by atoms with E-state index in [1.165, 1.54) is 4.88 Å². The SMILES string of the molecule is Cc1cc(N(C)Cc2ccc(Cl)s2)c(C(=N)N)c(C)n1. The third-order valence-electron chi connectivity index (χ3n) is 3.01. The Morgan fingerprint density at radius 2 is 2.15 bits per heavy atom. The van der Waals surface area contributed by atoms with Crippen LogP contribution in [0.5, 0.6) is 0 Å². The van der Waals surface area contributed by atoms with Gasteiger partial charge in [0.05, 0.1) is 27.8 Å². The molecule has 0 saturated carbocycles. The van der Waals surface area contributed by atoms with Gasteiger partial charge in [-0.3, -0.25) is 10.4 Å². The molecule has 0 fully saturated rings. The van der Waals surface area contributed by atoms with Crippen molar-refractivity contribution in [3.8, 4) is 0 Å². The summed E-state index contributed by atoms with van der Waals surface area (Å²) in [5, 5.41) is 7.76. The monoisotopic (exact) mass is 308 g/mol. The first-order valence-electron chi connectivity index (χ1n) is 6.16. The minimum absolute atomic E-state index is 0.0426. The van der Waals surface area contributed by atoms with E-state index in [1.807, 2.05) is 39.1 Å². The Kier molecular flexibility index (Phi) is 4.30. The van der Waals surface area contributed by atoms with E-state index in [9.17, 15) is 0 Å². The molecule has 0 bridgehead atoms. The summed E-state index contributed by atoms with van der Waals surface area (Å²) >= 11 is 7.51. The minimum atomic E-state index is 0.0426. The van der Waals surface area contributed by atoms with Crippen molar-refractivity contribution in [1.82, 2.24) is 4.98 Å². The molecule has 0 aromatic carbocycles. The first-order valence-corrected chi connectivity index (χ1v) is 7.36. The van der Waals surface area contributed by atoms with E-state index < -0.39 is 0 Å². The van der Waals surface area contributed by atoms with Gasteiger partial charge in [0.25, 0.3) is 0 Å². The largest absolute Gasteiger partial charge is 0.384 e. The highest BCUT2D eigenvalue weighted by Gasteiger charge is 2.15. The number of nitrogen functional groups attached to an aromatic ring is 1. The molecule has 0 amide bonds. The van der Waals surface area contributed by atoms with E-state index in [0.29, 0.717) is 5.56 Å². The van der Waals surface area contributed by atoms with E-state index in [-0.39, 0.29) is 5.84 Å². The maximum atomic E-state index is 7.76. The third kappa shape index (κ3) is 3.11. The molecule has 0 unspecified atom stereocenters. The van der Waals surface area contributed by atoms with Gasteiger partial charge in [-0.25, -0.2) is 0 Å². The lowest BCUT2D eigenvalue weighted by Gasteiger charge is -2.23. The van der Waals surface area contributed by atoms with E-state index in [4.69, 9.17) is 22.7 Å². The van der Waals surface area contributed by atoms with Crippen LogP contribution in [-0.2, 0) is 6.54 Å². The lowest BCUT2D eigenvalue weighted by Crippen LogP contribution is -2.23. The van der Waals surface area contributed by atoms with Gasteiger partial charge in [0.2, 0.25) is 0 Å². The minimum Gasteiger partial charge on any atom is -0.384 e. The molecular weight excluding hydrogens is 292 g/mol. The number of pyridine rings is 1. The smallest absolute Gasteiger partial charge is 0.126 e. The van der Waals surface area contributed by atoms with Crippen molar-refractivity contribution in [3.05, 3.63) is 44.4 Å². The number of halogens is 1. The second-order valence-corrected chi connectivity index (χ2v) is 6.52. The second-order valence-electron chi connectivity index (χ2n) is 4.72. The Labute approximate surface area is 127 Å². The zero-order valence-electron chi connectivity index (χ0n) is 11.7. The zero-order chi connectivity index (χ0) is 14.9. The normalized spacial score (nSPS) is 10.6. The molecule has 2 aromatic heterocycles. The molecule has 0 atom stereocenters. The number of nitrogens with two attached hydrogens (primary N) is 1. The number of thiophene rings is 1. The fraction of sp³-hybridized carbons (Fsp3) is 0.286. The van der Waals surface area contributed by atoms with Crippen molar-refractivity contribution in [3.63, 3.8) is 0 Å². The molecule has 6 heteroatoms. The summed E-state index contributed by atoms with van der Waals surface area (Å²) in [6.07, 6.45) is 0. The van der Waals surface area contributed by atoms with Gasteiger partial charge < -0.3 is 10.6 Å². The standard InChI is InChI=1S/C14H17ClN4S/c1-8-6-11(13(14(16)17)9(2)18-8)19(3)7-10-4-5-12(15)20-10/h4-6H,7H2,1-3H3,(H3,16,17). The number of aryl methyl sites for hydroxylation is 2. The number of hydrogen-bond acceptors (Lipinski definition) is 4. The molecule has 0 radical (unpaired) electrons. The van der Waals surface area contributed by atoms with Crippen LogP contribution in [0, 0.1) is 19.3 Å². The van der Waals surface area contributed by atoms with Crippen LogP contribution in [-0.4, -0.2) is 17.9 Å². The van der Waals surface area contributed by atoms with Crippen LogP contribution in [0.3, 0.4) is 0 Å². The summed E-state index contributed by atoms with van der Waals surface area (Å²) in [4.78, 5) is 7.62. The molecule has 3 N–H and O–H groups in total. The van der Waals surface area contributed by atoms with Crippen molar-refractivity contribution in [2.75, 3.05) is 11.9 Å². The number of aromatic nitrogens is 1. The number of amidine groups is 1. The highest BCUT2D eigenvalue weighted by molar-refractivity contribution is 7.16. The number of anilines is 1. The van der Waals surface area contributed by atoms with E-state index in [0.717, 1.165) is 28.0 Å². The molecule has 0 aliphatic carbocycles. The van der Waals surface area contributed by atoms with Crippen molar-refractivity contribution >= 4 is 34.5 Å². The summed E-state index contributed by atoms with van der Waals surface area (Å²) in [6.45, 7) is 4.54. The van der Waals surface area contributed by atoms with Gasteiger partial charge in [-0.2, -0.15) is 0 Å². The van der Waals surface area contributed by atoms with Crippen molar-refractivity contribution in [2.24, 2.45) is 5.73 Å². The Morgan fingerprint density at radius 3 is 2.70 bits per heavy atom. The van der Waals surface area contributed by atoms with Crippen LogP contribution < -0.4 is 10.6 Å². The van der Waals surface area contributed by atoms with Crippen LogP contribution in [0.15, 0.2) is 18.2 Å². The molecule has 2 rings (SSSR count). The zero-order valence-corrected chi connectivity index (χ0v) is 13.3. The quantitative estimate of drug-likeness (QED) is 0.672. The number of rotatable bonds is 4. The Morgan fingerprint density at radius 1 is 1.45 bits per heavy atom. The Hall–Kier alpha value is -1.59. The highest BCUT2D eigenvalue weighted by Crippen LogP contribution is 2.27. The first-order chi connectivity index (χ1) is 9.38. The molecule has 0 aliphatic heterocycles. The molecular formula is C14H17ClN4S. The number of nitrogens with one attached hydrogen (secondary N) is 1. The van der Waals surface area contributed by atoms with Gasteiger partial charge in [-0.15, -0.1) is 11.3 Å². The predicted molar refractivity (Wildman–Crippen MR) is 86.2 cm³/mol. The Balaban J connectivity index is 2.38. The van der Waals surface area contributed by atoms with Crippen LogP contribution in [0.1, 0.15) is 21.8 Å². The summed E-state index contributed by atoms with van der Waals surface area (Å²) in [5.74, 6) is 0.0426. The van der Waals surface area contributed by atoms with Gasteiger partial charge in [-0.1, -0.05) is 11.6 Å². The lowest BCUT2D eigenvalue weighted by molar-refractivity contribution is 0.926. The second kappa shape index (κ2) is 5.81. The molecule has 106 valence electrons. The average molecular weight is 309 g/mol. The fourth-order valence-corrected chi connectivity index (χ4v) is 3.34. The molecule has 0 spiro atoms. The number of nitrogens with zero attached hydrogens (tertiary/aromatic N) is 2. The maximum Gasteiger partial charge on any atom is 0.126 e. The Bertz CT molecular complexity index is 651. The van der Waals surface area contributed by atoms with Gasteiger partial charge in [0.15, 0.2) is 0 Å². The topological polar surface area (TPSA) is 66.0 Å². The molecule has 2 aromatic rings. The summed E-state index contributed by atoms with van der Waals surface area (Å²) in [6, 6.07) is 5.86. The number of hydrogen-bond donors (Lipinski definition) is 2. The maximum absolute atomic E-state index is 7.76. The molecule has 4 nitrogen and oxygen atoms in total. The average Bonchev–Trinajstić information content (AvgIpc) is 2.72. The summed E-state index contributed by atoms with van der Waals surface area (Å²) in [7, 11) is 1.98. The van der Waals surface area contributed by atoms with Gasteiger partial charge >= 0.3 is 0 Å². The van der Waals surface area contributed by atoms with Gasteiger partial charge in [0.1, 0.15) is 5.84 Å². The van der Waals surface area contributed by atoms with Crippen molar-refractivity contribution in [2.45, 2.75) is 20.4 Å². The van der Waals surface area contributed by atoms with E-state index in [2.05, 4.69) is 9.88 Å². The van der Waals surface area contributed by atoms with Crippen LogP contribution >= 0.6 is 22.9 Å². The summed E-state index contributed by atoms with van der Waals surface area (Å²) < 4.78 is 0.780. The van der Waals surface area contributed by atoms with E-state index >= 15 is 0 Å². The van der Waals surface area contributed by atoms with E-state index in [1.54, 1.807) is 11.3 Å². The summed E-state index contributed by atoms with van der Waals surface area (Å²) in [5.41, 5.74) is 9.01. The molecule has 0 saturated heterocycles. The predicted octanol–water partition coefficient (Wildman–Crippen LogP) is 3.33. The first kappa shape index (κ1) is 14.8. The molecule has 20 heavy (non-hydrogen) atoms. The highest BCUT2D eigenvalue weighted by atomic mass is 35.5.